The Hall–Kier alpha value is -4.98. The average molecular weight is 813 g/mol. The molecule has 4 N–H and O–H groups in total. The Morgan fingerprint density at radius 2 is 1.12 bits per heavy atom. The minimum atomic E-state index is -4.03. The Labute approximate surface area is 324 Å². The molecule has 0 aliphatic carbocycles. The second-order valence-electron chi connectivity index (χ2n) is 12.9. The standard InChI is InChI=1S/2C19H22N2O6S/c22-18(21-23)19(8-12-26-13-9-19)28(24,25)17-5-3-16(4-6-17)27-11-7-15-2-1-10-20-14-15;22-18(21-23)19(9-13-26-14-10-19)28(24,25)17-6-4-16(5-7-17)27-12-8-15-3-1-2-11-20-15/h1-6,10,14,23H,7-9,11-13H2,(H,21,22);1-7,11,23H,8-10,12-14H2,(H,21,22). The van der Waals surface area contributed by atoms with Crippen LogP contribution in [0.1, 0.15) is 36.9 Å². The van der Waals surface area contributed by atoms with Crippen LogP contribution in [0, 0.1) is 0 Å². The van der Waals surface area contributed by atoms with E-state index in [0.717, 1.165) is 11.3 Å². The molecule has 16 nitrogen and oxygen atoms in total. The van der Waals surface area contributed by atoms with E-state index in [1.807, 2.05) is 30.3 Å². The fraction of sp³-hybridized carbons (Fsp3) is 0.368. The lowest BCUT2D eigenvalue weighted by molar-refractivity contribution is -0.135. The third-order valence-electron chi connectivity index (χ3n) is 9.66. The number of hydrogen-bond acceptors (Lipinski definition) is 14. The topological polar surface area (TPSA) is 230 Å². The highest BCUT2D eigenvalue weighted by atomic mass is 32.2. The average Bonchev–Trinajstić information content (AvgIpc) is 3.25. The highest BCUT2D eigenvalue weighted by Gasteiger charge is 2.53. The second-order valence-corrected chi connectivity index (χ2v) is 17.4. The summed E-state index contributed by atoms with van der Waals surface area (Å²) in [6, 6.07) is 21.3. The number of nitrogens with one attached hydrogen (secondary N) is 2. The maximum absolute atomic E-state index is 13.1. The third-order valence-corrected chi connectivity index (χ3v) is 14.7. The summed E-state index contributed by atoms with van der Waals surface area (Å²) in [5, 5.41) is 18.1. The minimum Gasteiger partial charge on any atom is -0.493 e. The van der Waals surface area contributed by atoms with Gasteiger partial charge >= 0.3 is 0 Å². The van der Waals surface area contributed by atoms with Crippen molar-refractivity contribution in [3.63, 3.8) is 0 Å². The highest BCUT2D eigenvalue weighted by Crippen LogP contribution is 2.37. The molecule has 2 amide bonds. The molecule has 2 fully saturated rings. The molecule has 2 aliphatic heterocycles. The van der Waals surface area contributed by atoms with Crippen LogP contribution in [0.3, 0.4) is 0 Å². The molecule has 6 rings (SSSR count). The monoisotopic (exact) mass is 812 g/mol. The van der Waals surface area contributed by atoms with Crippen molar-refractivity contribution in [2.75, 3.05) is 39.6 Å². The largest absolute Gasteiger partial charge is 0.493 e. The Morgan fingerprint density at radius 3 is 1.54 bits per heavy atom. The van der Waals surface area contributed by atoms with Crippen LogP contribution in [0.25, 0.3) is 0 Å². The number of nitrogens with zero attached hydrogens (tertiary/aromatic N) is 2. The van der Waals surface area contributed by atoms with Crippen molar-refractivity contribution >= 4 is 31.5 Å². The van der Waals surface area contributed by atoms with Crippen LogP contribution < -0.4 is 20.4 Å². The normalized spacial score (nSPS) is 16.3. The summed E-state index contributed by atoms with van der Waals surface area (Å²) < 4.78 is 70.8. The molecule has 2 aromatic carbocycles. The first kappa shape index (κ1) is 42.2. The Kier molecular flexibility index (Phi) is 14.5. The summed E-state index contributed by atoms with van der Waals surface area (Å²) in [5.74, 6) is -0.836. The number of carbonyl (C=O) groups excluding carboxylic acids is 2. The zero-order chi connectivity index (χ0) is 40.1. The number of pyridine rings is 2. The summed E-state index contributed by atoms with van der Waals surface area (Å²) >= 11 is 0. The van der Waals surface area contributed by atoms with E-state index in [1.165, 1.54) is 35.2 Å². The Bertz CT molecular complexity index is 1940. The van der Waals surface area contributed by atoms with Crippen LogP contribution in [-0.4, -0.2) is 98.2 Å². The van der Waals surface area contributed by atoms with Gasteiger partial charge < -0.3 is 18.9 Å². The van der Waals surface area contributed by atoms with Gasteiger partial charge in [0.2, 0.25) is 0 Å². The molecule has 0 spiro atoms. The van der Waals surface area contributed by atoms with E-state index in [0.29, 0.717) is 37.6 Å². The summed E-state index contributed by atoms with van der Waals surface area (Å²) in [6.07, 6.45) is 6.38. The summed E-state index contributed by atoms with van der Waals surface area (Å²) in [5.41, 5.74) is 4.95. The van der Waals surface area contributed by atoms with Gasteiger partial charge in [-0.3, -0.25) is 30.0 Å². The van der Waals surface area contributed by atoms with E-state index in [1.54, 1.807) is 42.9 Å². The van der Waals surface area contributed by atoms with Crippen LogP contribution in [0.15, 0.2) is 107 Å². The lowest BCUT2D eigenvalue weighted by atomic mass is 9.98. The summed E-state index contributed by atoms with van der Waals surface area (Å²) in [6.45, 7) is 1.33. The van der Waals surface area contributed by atoms with Gasteiger partial charge in [-0.2, -0.15) is 0 Å². The lowest BCUT2D eigenvalue weighted by Gasteiger charge is -2.34. The van der Waals surface area contributed by atoms with Gasteiger partial charge in [0.1, 0.15) is 11.5 Å². The molecule has 0 radical (unpaired) electrons. The number of ether oxygens (including phenoxy) is 4. The number of hydrogen-bond donors (Lipinski definition) is 4. The Balaban J connectivity index is 0.000000214. The number of carbonyl (C=O) groups is 2. The Morgan fingerprint density at radius 1 is 0.643 bits per heavy atom. The predicted octanol–water partition coefficient (Wildman–Crippen LogP) is 3.06. The predicted molar refractivity (Wildman–Crippen MR) is 200 cm³/mol. The zero-order valence-corrected chi connectivity index (χ0v) is 32.0. The van der Waals surface area contributed by atoms with Gasteiger partial charge in [-0.1, -0.05) is 12.1 Å². The zero-order valence-electron chi connectivity index (χ0n) is 30.4. The third kappa shape index (κ3) is 9.51. The number of aromatic nitrogens is 2. The molecule has 0 saturated carbocycles. The molecule has 56 heavy (non-hydrogen) atoms. The first-order chi connectivity index (χ1) is 27.0. The van der Waals surface area contributed by atoms with Crippen molar-refractivity contribution in [3.05, 3.63) is 109 Å². The molecular weight excluding hydrogens is 769 g/mol. The van der Waals surface area contributed by atoms with Crippen LogP contribution in [0.4, 0.5) is 0 Å². The fourth-order valence-electron chi connectivity index (χ4n) is 6.38. The van der Waals surface area contributed by atoms with E-state index < -0.39 is 41.0 Å². The van der Waals surface area contributed by atoms with Crippen molar-refractivity contribution in [3.8, 4) is 11.5 Å². The molecule has 300 valence electrons. The van der Waals surface area contributed by atoms with Crippen molar-refractivity contribution in [2.24, 2.45) is 0 Å². The molecule has 18 heteroatoms. The van der Waals surface area contributed by atoms with Gasteiger partial charge in [-0.05, 0) is 98.0 Å². The highest BCUT2D eigenvalue weighted by molar-refractivity contribution is 7.94. The van der Waals surface area contributed by atoms with Gasteiger partial charge in [-0.15, -0.1) is 0 Å². The van der Waals surface area contributed by atoms with Gasteiger partial charge in [0.15, 0.2) is 29.2 Å². The van der Waals surface area contributed by atoms with Gasteiger partial charge in [0, 0.05) is 63.6 Å². The summed E-state index contributed by atoms with van der Waals surface area (Å²) in [7, 11) is -8.06. The first-order valence-electron chi connectivity index (χ1n) is 17.8. The smallest absolute Gasteiger partial charge is 0.265 e. The molecule has 2 aliphatic rings. The molecular formula is C38H44N4O12S2. The molecule has 2 aromatic heterocycles. The van der Waals surface area contributed by atoms with Crippen LogP contribution in [-0.2, 0) is 51.6 Å². The van der Waals surface area contributed by atoms with E-state index >= 15 is 0 Å². The van der Waals surface area contributed by atoms with Gasteiger partial charge in [0.25, 0.3) is 11.8 Å². The second kappa shape index (κ2) is 19.2. The van der Waals surface area contributed by atoms with Crippen LogP contribution in [0.2, 0.25) is 0 Å². The minimum absolute atomic E-state index is 0.00221. The maximum Gasteiger partial charge on any atom is 0.265 e. The van der Waals surface area contributed by atoms with Crippen LogP contribution in [0.5, 0.6) is 11.5 Å². The number of amides is 2. The quantitative estimate of drug-likeness (QED) is 0.106. The SMILES string of the molecule is O=C(NO)C1(S(=O)(=O)c2ccc(OCCc3ccccn3)cc2)CCOCC1.O=C(NO)C1(S(=O)(=O)c2ccc(OCCc3cccnc3)cc2)CCOCC1. The molecule has 4 heterocycles. The van der Waals surface area contributed by atoms with E-state index in [2.05, 4.69) is 9.97 Å². The number of hydroxylamine groups is 2. The number of rotatable bonds is 14. The molecule has 4 aromatic rings. The van der Waals surface area contributed by atoms with Crippen molar-refractivity contribution in [1.29, 1.82) is 0 Å². The summed E-state index contributed by atoms with van der Waals surface area (Å²) in [4.78, 5) is 32.7. The van der Waals surface area contributed by atoms with E-state index in [4.69, 9.17) is 29.4 Å². The molecule has 0 unspecified atom stereocenters. The number of benzene rings is 2. The van der Waals surface area contributed by atoms with Gasteiger partial charge in [-0.25, -0.2) is 27.8 Å². The number of sulfone groups is 2. The van der Waals surface area contributed by atoms with Crippen molar-refractivity contribution in [2.45, 2.75) is 57.8 Å². The lowest BCUT2D eigenvalue weighted by Crippen LogP contribution is -2.54. The van der Waals surface area contributed by atoms with E-state index in [9.17, 15) is 26.4 Å². The van der Waals surface area contributed by atoms with E-state index in [-0.39, 0.29) is 61.9 Å². The van der Waals surface area contributed by atoms with Crippen molar-refractivity contribution in [1.82, 2.24) is 20.9 Å². The fourth-order valence-corrected chi connectivity index (χ4v) is 10.3. The molecule has 2 saturated heterocycles. The maximum atomic E-state index is 13.1. The first-order valence-corrected chi connectivity index (χ1v) is 20.7. The van der Waals surface area contributed by atoms with Crippen molar-refractivity contribution < 1.29 is 55.8 Å². The molecule has 0 atom stereocenters. The van der Waals surface area contributed by atoms with Crippen LogP contribution >= 0.6 is 0 Å². The molecule has 0 bridgehead atoms. The van der Waals surface area contributed by atoms with Gasteiger partial charge in [0.05, 0.1) is 23.0 Å².